The maximum Gasteiger partial charge on any atom is -1.00 e. The van der Waals surface area contributed by atoms with Crippen LogP contribution in [0.4, 0.5) is 0 Å². The van der Waals surface area contributed by atoms with Gasteiger partial charge in [-0.25, -0.2) is 0 Å². The van der Waals surface area contributed by atoms with Gasteiger partial charge in [-0.1, -0.05) is 0 Å². The van der Waals surface area contributed by atoms with Crippen LogP contribution in [0.5, 0.6) is 0 Å². The quantitative estimate of drug-likeness (QED) is 0.289. The molecule has 0 N–H and O–H groups in total. The molecular formula is C38H42Cl2SiZr. The summed E-state index contributed by atoms with van der Waals surface area (Å²) in [7, 11) is 0. The van der Waals surface area contributed by atoms with Gasteiger partial charge >= 0.3 is 251 Å². The molecule has 1 atom stereocenters. The second kappa shape index (κ2) is 12.4. The molecule has 1 unspecified atom stereocenters. The van der Waals surface area contributed by atoms with Crippen molar-refractivity contribution in [3.8, 4) is 11.1 Å². The van der Waals surface area contributed by atoms with Crippen LogP contribution < -0.4 is 30.0 Å². The summed E-state index contributed by atoms with van der Waals surface area (Å²) in [6, 6.07) is 35.8. The Bertz CT molecular complexity index is 1620. The molecule has 0 heterocycles. The summed E-state index contributed by atoms with van der Waals surface area (Å²) in [6.45, 7) is 19.3. The van der Waals surface area contributed by atoms with Gasteiger partial charge in [0.05, 0.1) is 0 Å². The average molecular weight is 689 g/mol. The third kappa shape index (κ3) is 5.87. The van der Waals surface area contributed by atoms with Crippen molar-refractivity contribution in [3.05, 3.63) is 130 Å². The molecule has 2 aliphatic carbocycles. The van der Waals surface area contributed by atoms with Crippen molar-refractivity contribution in [2.75, 3.05) is 0 Å². The molecule has 0 bridgehead atoms. The van der Waals surface area contributed by atoms with E-state index < -0.39 is 25.8 Å². The molecule has 0 saturated heterocycles. The molecule has 216 valence electrons. The molecule has 0 aliphatic heterocycles. The van der Waals surface area contributed by atoms with Crippen LogP contribution in [0.15, 0.2) is 96.6 Å². The summed E-state index contributed by atoms with van der Waals surface area (Å²) < 4.78 is 1.16. The Kier molecular flexibility index (Phi) is 9.77. The molecule has 4 heteroatoms. The van der Waals surface area contributed by atoms with Crippen LogP contribution >= 0.6 is 0 Å². The minimum absolute atomic E-state index is 0. The van der Waals surface area contributed by atoms with Crippen molar-refractivity contribution in [3.63, 3.8) is 0 Å². The Morgan fingerprint density at radius 1 is 0.595 bits per heavy atom. The first kappa shape index (κ1) is 33.2. The molecule has 6 rings (SSSR count). The summed E-state index contributed by atoms with van der Waals surface area (Å²) in [6.07, 6.45) is 2.51. The standard InChI is InChI=1S/C21H25.C10H9.C7H8Si.2ClH.Zr/c1-20(2,3)16-7-9-18-14(12-16)11-15-13-17(21(4,5)6)8-10-19(15)18;1-8-6-9-4-2-3-5-10(9)7-8;1-8-7-5-3-2-4-6-7;;;/h7-13H,1-6H3;2-7H,1H3;2-6H,1H3;2*1H;/q;;;;;+2/p-2. The summed E-state index contributed by atoms with van der Waals surface area (Å²) in [5.41, 5.74) is 13.3. The largest absolute Gasteiger partial charge is 1.00 e. The molecular weight excluding hydrogens is 647 g/mol. The molecule has 0 aromatic heterocycles. The van der Waals surface area contributed by atoms with Crippen molar-refractivity contribution in [1.82, 2.24) is 0 Å². The molecule has 0 nitrogen and oxygen atoms in total. The normalized spacial score (nSPS) is 16.0. The van der Waals surface area contributed by atoms with Gasteiger partial charge in [-0.3, -0.25) is 0 Å². The predicted molar refractivity (Wildman–Crippen MR) is 172 cm³/mol. The van der Waals surface area contributed by atoms with E-state index in [1.165, 1.54) is 27.8 Å². The Hall–Kier alpha value is -1.70. The number of hydrogen-bond acceptors (Lipinski definition) is 0. The molecule has 4 aromatic carbocycles. The van der Waals surface area contributed by atoms with E-state index in [9.17, 15) is 0 Å². The number of rotatable bonds is 3. The zero-order chi connectivity index (χ0) is 28.4. The van der Waals surface area contributed by atoms with Gasteiger partial charge in [-0.2, -0.15) is 0 Å². The first-order valence-corrected chi connectivity index (χ1v) is 23.3. The minimum Gasteiger partial charge on any atom is -1.00 e. The number of fused-ring (bicyclic) bond motifs is 4. The minimum atomic E-state index is -2.39. The number of benzene rings is 4. The SMILES string of the molecule is CC1=Cc2ccccc2[CH]1/[Zr+2]([CH]1c2cc(C(C)(C)C)ccc2-c2ccc(C(C)(C)C)cc21)=[Si](\C)c1ccccc1.[Cl-].[Cl-]. The number of halogens is 2. The predicted octanol–water partition coefficient (Wildman–Crippen LogP) is 3.66. The van der Waals surface area contributed by atoms with Gasteiger partial charge in [-0.05, 0) is 0 Å². The fourth-order valence-electron chi connectivity index (χ4n) is 6.88. The van der Waals surface area contributed by atoms with Gasteiger partial charge in [0.25, 0.3) is 0 Å². The van der Waals surface area contributed by atoms with Gasteiger partial charge in [0.2, 0.25) is 0 Å². The van der Waals surface area contributed by atoms with E-state index in [1.54, 1.807) is 27.5 Å². The van der Waals surface area contributed by atoms with Gasteiger partial charge in [-0.15, -0.1) is 0 Å². The van der Waals surface area contributed by atoms with E-state index in [2.05, 4.69) is 152 Å². The molecule has 0 radical (unpaired) electrons. The van der Waals surface area contributed by atoms with Crippen LogP contribution in [0.1, 0.15) is 89.1 Å². The fraction of sp³-hybridized carbons (Fsp3) is 0.316. The maximum atomic E-state index is 2.67. The molecule has 2 aliphatic rings. The topological polar surface area (TPSA) is 0 Å². The Balaban J connectivity index is 0.00000202. The number of hydrogen-bond donors (Lipinski definition) is 0. The first-order chi connectivity index (χ1) is 18.9. The summed E-state index contributed by atoms with van der Waals surface area (Å²) >= 11 is -2.39. The van der Waals surface area contributed by atoms with Crippen molar-refractivity contribution >= 4 is 16.7 Å². The van der Waals surface area contributed by atoms with Crippen LogP contribution in [-0.2, 0) is 31.2 Å². The second-order valence-electron chi connectivity index (χ2n) is 13.9. The van der Waals surface area contributed by atoms with Gasteiger partial charge in [0.15, 0.2) is 0 Å². The van der Waals surface area contributed by atoms with Gasteiger partial charge in [0.1, 0.15) is 0 Å². The molecule has 0 amide bonds. The van der Waals surface area contributed by atoms with Crippen molar-refractivity contribution in [1.29, 1.82) is 0 Å². The first-order valence-electron chi connectivity index (χ1n) is 14.8. The van der Waals surface area contributed by atoms with Crippen LogP contribution in [-0.4, -0.2) is 5.43 Å². The smallest absolute Gasteiger partial charge is 1.00 e. The van der Waals surface area contributed by atoms with E-state index >= 15 is 0 Å². The molecule has 4 aromatic rings. The van der Waals surface area contributed by atoms with Crippen LogP contribution in [0, 0.1) is 0 Å². The second-order valence-corrected chi connectivity index (χ2v) is 29.8. The van der Waals surface area contributed by atoms with Crippen LogP contribution in [0.2, 0.25) is 6.55 Å². The van der Waals surface area contributed by atoms with E-state index in [0.717, 1.165) is 0 Å². The van der Waals surface area contributed by atoms with Crippen LogP contribution in [0.25, 0.3) is 17.2 Å². The monoisotopic (exact) mass is 686 g/mol. The average Bonchev–Trinajstić information content (AvgIpc) is 3.42. The maximum absolute atomic E-state index is 2.67. The molecule has 42 heavy (non-hydrogen) atoms. The Labute approximate surface area is 274 Å². The van der Waals surface area contributed by atoms with E-state index in [4.69, 9.17) is 0 Å². The number of allylic oxidation sites excluding steroid dienone is 1. The van der Waals surface area contributed by atoms with Gasteiger partial charge < -0.3 is 24.8 Å². The zero-order valence-corrected chi connectivity index (χ0v) is 31.1. The van der Waals surface area contributed by atoms with E-state index in [0.29, 0.717) is 7.25 Å². The van der Waals surface area contributed by atoms with Crippen molar-refractivity contribution in [2.24, 2.45) is 0 Å². The third-order valence-corrected chi connectivity index (χ3v) is 29.6. The van der Waals surface area contributed by atoms with E-state index in [-0.39, 0.29) is 35.6 Å². The third-order valence-electron chi connectivity index (χ3n) is 9.15. The van der Waals surface area contributed by atoms with E-state index in [1.807, 2.05) is 0 Å². The molecule has 0 fully saturated rings. The van der Waals surface area contributed by atoms with Crippen molar-refractivity contribution < 1.29 is 45.2 Å². The molecule has 0 spiro atoms. The Morgan fingerprint density at radius 3 is 1.62 bits per heavy atom. The summed E-state index contributed by atoms with van der Waals surface area (Å²) in [4.78, 5) is 0. The fourth-order valence-corrected chi connectivity index (χ4v) is 29.5. The summed E-state index contributed by atoms with van der Waals surface area (Å²) in [5, 5.41) is 1.62. The zero-order valence-electron chi connectivity index (χ0n) is 26.1. The Morgan fingerprint density at radius 2 is 1.10 bits per heavy atom. The van der Waals surface area contributed by atoms with Gasteiger partial charge in [0, 0.05) is 0 Å². The van der Waals surface area contributed by atoms with Crippen molar-refractivity contribution in [2.45, 2.75) is 73.1 Å². The molecule has 0 saturated carbocycles. The van der Waals surface area contributed by atoms with Crippen LogP contribution in [0.3, 0.4) is 0 Å². The summed E-state index contributed by atoms with van der Waals surface area (Å²) in [5.74, 6) is 0.